The summed E-state index contributed by atoms with van der Waals surface area (Å²) >= 11 is 0. The van der Waals surface area contributed by atoms with Crippen LogP contribution in [0.5, 0.6) is 0 Å². The van der Waals surface area contributed by atoms with E-state index < -0.39 is 62.2 Å². The van der Waals surface area contributed by atoms with Gasteiger partial charge in [-0.15, -0.1) is 0 Å². The zero-order valence-corrected chi connectivity index (χ0v) is 34.6. The number of nitrogens with one attached hydrogen (secondary N) is 3. The molecule has 3 heterocycles. The van der Waals surface area contributed by atoms with Gasteiger partial charge < -0.3 is 54.5 Å². The number of rotatable bonds is 21. The maximum absolute atomic E-state index is 15.1. The smallest absolute Gasteiger partial charge is 0.342 e. The molecule has 0 aliphatic carbocycles. The Morgan fingerprint density at radius 3 is 1.97 bits per heavy atom. The first kappa shape index (κ1) is 44.7. The summed E-state index contributed by atoms with van der Waals surface area (Å²) in [4.78, 5) is 39.5. The van der Waals surface area contributed by atoms with E-state index in [4.69, 9.17) is 29.2 Å². The summed E-state index contributed by atoms with van der Waals surface area (Å²) in [7, 11) is -3.16. The summed E-state index contributed by atoms with van der Waals surface area (Å²) in [6.07, 6.45) is -2.80. The van der Waals surface area contributed by atoms with Crippen LogP contribution in [0.2, 0.25) is 0 Å². The third kappa shape index (κ3) is 11.2. The fraction of sp³-hybridized carbons (Fsp3) is 0.538. The zero-order valence-electron chi connectivity index (χ0n) is 33.7. The molecule has 19 heteroatoms. The molecule has 1 aromatic heterocycles. The highest BCUT2D eigenvalue weighted by molar-refractivity contribution is 7.54. The molecule has 7 N–H and O–H groups in total. The van der Waals surface area contributed by atoms with E-state index in [1.54, 1.807) is 25.7 Å². The Labute approximate surface area is 339 Å². The molecule has 318 valence electrons. The Balaban J connectivity index is 1.41. The first-order chi connectivity index (χ1) is 27.8. The molecule has 2 aromatic carbocycles. The highest BCUT2D eigenvalue weighted by atomic mass is 31.2. The lowest BCUT2D eigenvalue weighted by atomic mass is 9.87. The normalized spacial score (nSPS) is 17.9. The number of methoxy groups -OCH3 is 1. The van der Waals surface area contributed by atoms with Crippen molar-refractivity contribution in [3.05, 3.63) is 71.8 Å². The van der Waals surface area contributed by atoms with Gasteiger partial charge in [0.2, 0.25) is 5.95 Å². The fourth-order valence-corrected chi connectivity index (χ4v) is 8.65. The SMILES string of the molecule is CCOC(=O)[C@H](Cc1ccccc1)NP(=O)(N[C@@H](Cc1ccccc1)C(=O)OCC)OCC(OC)C(O)C(C)(O)C(C)N1CNc2c(N3CCOCC3)nc(N)nc21. The molecule has 2 aliphatic rings. The molecule has 2 aliphatic heterocycles. The summed E-state index contributed by atoms with van der Waals surface area (Å²) in [6.45, 7) is 8.53. The lowest BCUT2D eigenvalue weighted by Gasteiger charge is -2.42. The second-order valence-corrected chi connectivity index (χ2v) is 16.1. The van der Waals surface area contributed by atoms with Crippen LogP contribution in [0.4, 0.5) is 23.3 Å². The van der Waals surface area contributed by atoms with Crippen molar-refractivity contribution in [3.63, 3.8) is 0 Å². The molecule has 6 atom stereocenters. The minimum atomic E-state index is -4.47. The Kier molecular flexibility index (Phi) is 15.8. The number of aliphatic hydroxyl groups excluding tert-OH is 1. The van der Waals surface area contributed by atoms with Crippen LogP contribution in [0, 0.1) is 0 Å². The summed E-state index contributed by atoms with van der Waals surface area (Å²) < 4.78 is 43.1. The number of benzene rings is 2. The molecule has 1 saturated heterocycles. The number of esters is 2. The van der Waals surface area contributed by atoms with Crippen molar-refractivity contribution in [2.75, 3.05) is 80.8 Å². The van der Waals surface area contributed by atoms with Crippen LogP contribution < -0.4 is 31.0 Å². The van der Waals surface area contributed by atoms with Gasteiger partial charge >= 0.3 is 19.6 Å². The molecular formula is C39H57N8O10P. The molecule has 1 fully saturated rings. The van der Waals surface area contributed by atoms with Gasteiger partial charge in [-0.05, 0) is 51.7 Å². The Morgan fingerprint density at radius 2 is 1.47 bits per heavy atom. The average Bonchev–Trinajstić information content (AvgIpc) is 3.64. The number of nitrogens with two attached hydrogens (primary N) is 1. The van der Waals surface area contributed by atoms with Gasteiger partial charge in [0.15, 0.2) is 11.6 Å². The number of fused-ring (bicyclic) bond motifs is 1. The number of aromatic nitrogens is 2. The minimum Gasteiger partial charge on any atom is -0.465 e. The van der Waals surface area contributed by atoms with E-state index in [2.05, 4.69) is 25.5 Å². The average molecular weight is 829 g/mol. The van der Waals surface area contributed by atoms with E-state index in [1.165, 1.54) is 14.0 Å². The molecule has 0 spiro atoms. The second-order valence-electron chi connectivity index (χ2n) is 14.2. The van der Waals surface area contributed by atoms with E-state index in [-0.39, 0.29) is 38.7 Å². The number of aliphatic hydroxyl groups is 2. The third-order valence-corrected chi connectivity index (χ3v) is 12.1. The van der Waals surface area contributed by atoms with Crippen LogP contribution in [0.3, 0.4) is 0 Å². The lowest BCUT2D eigenvalue weighted by Crippen LogP contribution is -2.60. The largest absolute Gasteiger partial charge is 0.465 e. The van der Waals surface area contributed by atoms with Gasteiger partial charge in [-0.3, -0.25) is 14.2 Å². The molecule has 5 rings (SSSR count). The van der Waals surface area contributed by atoms with Gasteiger partial charge in [-0.2, -0.15) is 9.97 Å². The number of nitrogen functional groups attached to an aromatic ring is 1. The topological polar surface area (TPSA) is 232 Å². The minimum absolute atomic E-state index is 0.0435. The van der Waals surface area contributed by atoms with Crippen LogP contribution in [-0.2, 0) is 50.5 Å². The predicted octanol–water partition coefficient (Wildman–Crippen LogP) is 2.25. The monoisotopic (exact) mass is 828 g/mol. The number of hydrogen-bond acceptors (Lipinski definition) is 16. The molecule has 58 heavy (non-hydrogen) atoms. The van der Waals surface area contributed by atoms with Gasteiger partial charge in [0.1, 0.15) is 35.6 Å². The van der Waals surface area contributed by atoms with E-state index in [0.29, 0.717) is 43.6 Å². The zero-order chi connectivity index (χ0) is 41.9. The number of anilines is 4. The number of hydrogen-bond donors (Lipinski definition) is 6. The van der Waals surface area contributed by atoms with Gasteiger partial charge in [-0.1, -0.05) is 60.7 Å². The second kappa shape index (κ2) is 20.5. The standard InChI is InChI=1S/C39H57N8O10P/c1-6-55-36(49)29(22-27-14-10-8-11-15-27)44-58(52,45-30(37(50)56-7-2)23-28-16-12-9-13-17-28)57-24-31(53-5)33(48)39(4,51)26(3)47-25-41-32-34(42-38(40)43-35(32)47)46-18-20-54-21-19-46/h8-17,26,29-31,33,41,48,51H,6-7,18-25H2,1-5H3,(H2,40,42,43)(H2,44,45,52)/t26?,29-,30-,31?,33?,39?/m0/s1. The maximum atomic E-state index is 15.1. The summed E-state index contributed by atoms with van der Waals surface area (Å²) in [5.74, 6) is -0.297. The summed E-state index contributed by atoms with van der Waals surface area (Å²) in [6, 6.07) is 14.9. The maximum Gasteiger partial charge on any atom is 0.342 e. The van der Waals surface area contributed by atoms with Crippen LogP contribution in [0.1, 0.15) is 38.8 Å². The molecule has 0 radical (unpaired) electrons. The van der Waals surface area contributed by atoms with E-state index in [1.807, 2.05) is 65.6 Å². The van der Waals surface area contributed by atoms with E-state index >= 15 is 4.57 Å². The highest BCUT2D eigenvalue weighted by Crippen LogP contribution is 2.43. The predicted molar refractivity (Wildman–Crippen MR) is 218 cm³/mol. The van der Waals surface area contributed by atoms with E-state index in [0.717, 1.165) is 11.1 Å². The Morgan fingerprint density at radius 1 is 0.948 bits per heavy atom. The van der Waals surface area contributed by atoms with Crippen molar-refractivity contribution >= 4 is 42.9 Å². The number of carbonyl (C=O) groups is 2. The molecule has 4 unspecified atom stereocenters. The Bertz CT molecular complexity index is 1770. The molecule has 0 amide bonds. The summed E-state index contributed by atoms with van der Waals surface area (Å²) in [5, 5.41) is 32.9. The third-order valence-electron chi connectivity index (χ3n) is 10.2. The van der Waals surface area contributed by atoms with Crippen LogP contribution >= 0.6 is 7.67 Å². The highest BCUT2D eigenvalue weighted by Gasteiger charge is 2.47. The van der Waals surface area contributed by atoms with E-state index in [9.17, 15) is 19.8 Å². The lowest BCUT2D eigenvalue weighted by molar-refractivity contribution is -0.145. The van der Waals surface area contributed by atoms with Crippen molar-refractivity contribution < 1.29 is 47.8 Å². The molecule has 18 nitrogen and oxygen atoms in total. The van der Waals surface area contributed by atoms with Gasteiger partial charge in [-0.25, -0.2) is 10.2 Å². The molecular weight excluding hydrogens is 771 g/mol. The number of nitrogens with zero attached hydrogens (tertiary/aromatic N) is 4. The van der Waals surface area contributed by atoms with Gasteiger partial charge in [0.05, 0.1) is 45.7 Å². The first-order valence-corrected chi connectivity index (χ1v) is 21.1. The molecule has 0 saturated carbocycles. The van der Waals surface area contributed by atoms with Crippen molar-refractivity contribution in [3.8, 4) is 0 Å². The van der Waals surface area contributed by atoms with Crippen molar-refractivity contribution in [1.29, 1.82) is 0 Å². The molecule has 3 aromatic rings. The van der Waals surface area contributed by atoms with Crippen LogP contribution in [0.15, 0.2) is 60.7 Å². The quantitative estimate of drug-likeness (QED) is 0.0668. The van der Waals surface area contributed by atoms with Crippen LogP contribution in [0.25, 0.3) is 0 Å². The fourth-order valence-electron chi connectivity index (χ4n) is 6.86. The molecule has 0 bridgehead atoms. The number of ether oxygens (including phenoxy) is 4. The van der Waals surface area contributed by atoms with Crippen molar-refractivity contribution in [2.45, 2.75) is 76.5 Å². The number of morpholine rings is 1. The first-order valence-electron chi connectivity index (χ1n) is 19.4. The van der Waals surface area contributed by atoms with Gasteiger partial charge in [0.25, 0.3) is 0 Å². The number of carbonyl (C=O) groups excluding carboxylic acids is 2. The Hall–Kier alpha value is -4.39. The summed E-state index contributed by atoms with van der Waals surface area (Å²) in [5.41, 5.74) is 6.38. The van der Waals surface area contributed by atoms with Crippen molar-refractivity contribution in [1.82, 2.24) is 20.1 Å². The van der Waals surface area contributed by atoms with Crippen molar-refractivity contribution in [2.24, 2.45) is 0 Å². The van der Waals surface area contributed by atoms with Gasteiger partial charge in [0, 0.05) is 20.2 Å². The van der Waals surface area contributed by atoms with Crippen LogP contribution in [-0.4, -0.2) is 128 Å².